The summed E-state index contributed by atoms with van der Waals surface area (Å²) in [5.41, 5.74) is -0.665. The van der Waals surface area contributed by atoms with Crippen LogP contribution in [0, 0.1) is 0 Å². The van der Waals surface area contributed by atoms with Gasteiger partial charge in [-0.1, -0.05) is 0 Å². The molecule has 136 valence electrons. The molecule has 2 aliphatic rings. The zero-order chi connectivity index (χ0) is 17.9. The SMILES string of the molecule is CC(C)(C)OC(=O)N1CCC[C@@H](C(=O)N2CCC[C@@H](C(=O)O)O2)O1. The first-order valence-corrected chi connectivity index (χ1v) is 8.05. The molecule has 1 N–H and O–H groups in total. The van der Waals surface area contributed by atoms with Crippen molar-refractivity contribution in [3.05, 3.63) is 0 Å². The van der Waals surface area contributed by atoms with Gasteiger partial charge in [0.2, 0.25) is 0 Å². The van der Waals surface area contributed by atoms with Gasteiger partial charge in [0.25, 0.3) is 5.91 Å². The number of amides is 2. The summed E-state index contributed by atoms with van der Waals surface area (Å²) in [6, 6.07) is 0. The fourth-order valence-electron chi connectivity index (χ4n) is 2.47. The molecular weight excluding hydrogens is 320 g/mol. The Labute approximate surface area is 140 Å². The molecule has 9 nitrogen and oxygen atoms in total. The largest absolute Gasteiger partial charge is 0.479 e. The molecule has 2 heterocycles. The Balaban J connectivity index is 1.95. The van der Waals surface area contributed by atoms with E-state index in [-0.39, 0.29) is 0 Å². The van der Waals surface area contributed by atoms with E-state index in [0.29, 0.717) is 38.8 Å². The van der Waals surface area contributed by atoms with Crippen molar-refractivity contribution in [3.8, 4) is 0 Å². The third-order valence-corrected chi connectivity index (χ3v) is 3.56. The van der Waals surface area contributed by atoms with Crippen molar-refractivity contribution < 1.29 is 33.9 Å². The number of aliphatic carboxylic acids is 1. The molecule has 0 unspecified atom stereocenters. The Bertz CT molecular complexity index is 503. The minimum Gasteiger partial charge on any atom is -0.479 e. The van der Waals surface area contributed by atoms with Crippen LogP contribution in [0.1, 0.15) is 46.5 Å². The average Bonchev–Trinajstić information content (AvgIpc) is 2.53. The molecule has 2 fully saturated rings. The lowest BCUT2D eigenvalue weighted by Gasteiger charge is -2.36. The molecule has 0 aromatic carbocycles. The number of rotatable bonds is 2. The highest BCUT2D eigenvalue weighted by atomic mass is 16.7. The third-order valence-electron chi connectivity index (χ3n) is 3.56. The van der Waals surface area contributed by atoms with Gasteiger partial charge in [-0.05, 0) is 46.5 Å². The van der Waals surface area contributed by atoms with E-state index in [1.807, 2.05) is 0 Å². The van der Waals surface area contributed by atoms with Gasteiger partial charge in [-0.3, -0.25) is 14.5 Å². The van der Waals surface area contributed by atoms with Gasteiger partial charge in [0.05, 0.1) is 6.54 Å². The molecule has 2 rings (SSSR count). The minimum absolute atomic E-state index is 0.301. The number of ether oxygens (including phenoxy) is 1. The Morgan fingerprint density at radius 2 is 1.54 bits per heavy atom. The maximum absolute atomic E-state index is 12.5. The standard InChI is InChI=1S/C15H24N2O7/c1-15(2,3)22-14(21)17-9-4-6-10(23-17)12(18)16-8-5-7-11(24-16)13(19)20/h10-11H,4-9H2,1-3H3,(H,19,20)/t10-,11-/m0/s1. The van der Waals surface area contributed by atoms with E-state index >= 15 is 0 Å². The van der Waals surface area contributed by atoms with E-state index in [1.54, 1.807) is 20.8 Å². The summed E-state index contributed by atoms with van der Waals surface area (Å²) in [7, 11) is 0. The second-order valence-corrected chi connectivity index (χ2v) is 6.83. The molecule has 2 aliphatic heterocycles. The number of hydrogen-bond donors (Lipinski definition) is 1. The topological polar surface area (TPSA) is 106 Å². The highest BCUT2D eigenvalue weighted by molar-refractivity contribution is 5.81. The summed E-state index contributed by atoms with van der Waals surface area (Å²) < 4.78 is 5.23. The Morgan fingerprint density at radius 3 is 2.12 bits per heavy atom. The van der Waals surface area contributed by atoms with Gasteiger partial charge >= 0.3 is 12.1 Å². The second kappa shape index (κ2) is 7.35. The molecular formula is C15H24N2O7. The zero-order valence-corrected chi connectivity index (χ0v) is 14.2. The fourth-order valence-corrected chi connectivity index (χ4v) is 2.47. The Kier molecular flexibility index (Phi) is 5.66. The lowest BCUT2D eigenvalue weighted by molar-refractivity contribution is -0.252. The van der Waals surface area contributed by atoms with Gasteiger partial charge in [0, 0.05) is 6.54 Å². The predicted octanol–water partition coefficient (Wildman–Crippen LogP) is 1.32. The maximum atomic E-state index is 12.5. The Morgan fingerprint density at radius 1 is 1.00 bits per heavy atom. The van der Waals surface area contributed by atoms with Gasteiger partial charge in [0.15, 0.2) is 12.2 Å². The van der Waals surface area contributed by atoms with Gasteiger partial charge < -0.3 is 9.84 Å². The molecule has 2 saturated heterocycles. The minimum atomic E-state index is -1.10. The molecule has 24 heavy (non-hydrogen) atoms. The van der Waals surface area contributed by atoms with E-state index < -0.39 is 35.8 Å². The van der Waals surface area contributed by atoms with Crippen LogP contribution in [0.5, 0.6) is 0 Å². The van der Waals surface area contributed by atoms with Crippen molar-refractivity contribution in [2.75, 3.05) is 13.1 Å². The summed E-state index contributed by atoms with van der Waals surface area (Å²) in [5, 5.41) is 11.1. The van der Waals surface area contributed by atoms with Crippen LogP contribution in [-0.2, 0) is 24.0 Å². The molecule has 0 bridgehead atoms. The number of nitrogens with zero attached hydrogens (tertiary/aromatic N) is 2. The molecule has 0 aromatic heterocycles. The summed E-state index contributed by atoms with van der Waals surface area (Å²) in [6.07, 6.45) is -0.684. The van der Waals surface area contributed by atoms with Crippen LogP contribution in [0.4, 0.5) is 4.79 Å². The van der Waals surface area contributed by atoms with Crippen molar-refractivity contribution in [2.24, 2.45) is 0 Å². The number of carboxylic acid groups (broad SMARTS) is 1. The van der Waals surface area contributed by atoms with Crippen molar-refractivity contribution >= 4 is 18.0 Å². The monoisotopic (exact) mass is 344 g/mol. The van der Waals surface area contributed by atoms with Gasteiger partial charge in [0.1, 0.15) is 5.60 Å². The predicted molar refractivity (Wildman–Crippen MR) is 80.5 cm³/mol. The van der Waals surface area contributed by atoms with Crippen molar-refractivity contribution in [3.63, 3.8) is 0 Å². The van der Waals surface area contributed by atoms with Gasteiger partial charge in [-0.15, -0.1) is 0 Å². The quantitative estimate of drug-likeness (QED) is 0.805. The van der Waals surface area contributed by atoms with E-state index in [1.165, 1.54) is 0 Å². The number of hydrogen-bond acceptors (Lipinski definition) is 6. The van der Waals surface area contributed by atoms with Gasteiger partial charge in [-0.2, -0.15) is 5.06 Å². The highest BCUT2D eigenvalue weighted by Crippen LogP contribution is 2.22. The molecule has 0 saturated carbocycles. The first-order chi connectivity index (χ1) is 11.2. The smallest absolute Gasteiger partial charge is 0.434 e. The fraction of sp³-hybridized carbons (Fsp3) is 0.800. The van der Waals surface area contributed by atoms with Crippen molar-refractivity contribution in [1.82, 2.24) is 10.1 Å². The van der Waals surface area contributed by atoms with E-state index in [9.17, 15) is 14.4 Å². The molecule has 0 radical (unpaired) electrons. The molecule has 2 atom stereocenters. The van der Waals surface area contributed by atoms with Crippen LogP contribution in [0.15, 0.2) is 0 Å². The average molecular weight is 344 g/mol. The van der Waals surface area contributed by atoms with E-state index in [2.05, 4.69) is 0 Å². The Hall–Kier alpha value is -1.87. The first kappa shape index (κ1) is 18.5. The highest BCUT2D eigenvalue weighted by Gasteiger charge is 2.37. The van der Waals surface area contributed by atoms with Crippen LogP contribution in [0.25, 0.3) is 0 Å². The van der Waals surface area contributed by atoms with E-state index in [4.69, 9.17) is 19.5 Å². The number of carbonyl (C=O) groups excluding carboxylic acids is 2. The summed E-state index contributed by atoms with van der Waals surface area (Å²) in [5.74, 6) is -1.58. The third kappa shape index (κ3) is 4.81. The molecule has 2 amide bonds. The number of carbonyl (C=O) groups is 3. The van der Waals surface area contributed by atoms with E-state index in [0.717, 1.165) is 10.1 Å². The van der Waals surface area contributed by atoms with Crippen LogP contribution in [0.2, 0.25) is 0 Å². The van der Waals surface area contributed by atoms with Crippen LogP contribution in [-0.4, -0.2) is 64.1 Å². The first-order valence-electron chi connectivity index (χ1n) is 8.05. The normalized spacial score (nSPS) is 25.3. The number of carboxylic acids is 1. The van der Waals surface area contributed by atoms with Crippen LogP contribution < -0.4 is 0 Å². The van der Waals surface area contributed by atoms with Crippen LogP contribution >= 0.6 is 0 Å². The summed E-state index contributed by atoms with van der Waals surface area (Å²) in [6.45, 7) is 5.85. The van der Waals surface area contributed by atoms with Crippen LogP contribution in [0.3, 0.4) is 0 Å². The summed E-state index contributed by atoms with van der Waals surface area (Å²) in [4.78, 5) is 46.2. The van der Waals surface area contributed by atoms with Crippen molar-refractivity contribution in [1.29, 1.82) is 0 Å². The molecule has 0 spiro atoms. The zero-order valence-electron chi connectivity index (χ0n) is 14.2. The second-order valence-electron chi connectivity index (χ2n) is 6.83. The van der Waals surface area contributed by atoms with Gasteiger partial charge in [-0.25, -0.2) is 14.7 Å². The summed E-state index contributed by atoms with van der Waals surface area (Å²) >= 11 is 0. The van der Waals surface area contributed by atoms with Crippen molar-refractivity contribution in [2.45, 2.75) is 64.3 Å². The number of hydroxylamine groups is 4. The lowest BCUT2D eigenvalue weighted by Crippen LogP contribution is -2.52. The lowest BCUT2D eigenvalue weighted by atomic mass is 10.1. The molecule has 0 aliphatic carbocycles. The molecule has 9 heteroatoms. The maximum Gasteiger partial charge on any atom is 0.434 e. The molecule has 0 aromatic rings.